The summed E-state index contributed by atoms with van der Waals surface area (Å²) >= 11 is 1.73. The van der Waals surface area contributed by atoms with Crippen LogP contribution >= 0.6 is 11.3 Å². The van der Waals surface area contributed by atoms with Crippen molar-refractivity contribution in [3.63, 3.8) is 0 Å². The molecular weight excluding hydrogens is 232 g/mol. The SMILES string of the molecule is CN1CCc2nc(-c3cccnc3N)sc2C1. The Labute approximate surface area is 104 Å². The molecule has 0 aliphatic carbocycles. The number of pyridine rings is 1. The highest BCUT2D eigenvalue weighted by atomic mass is 32.1. The summed E-state index contributed by atoms with van der Waals surface area (Å²) in [4.78, 5) is 12.5. The molecular formula is C12H14N4S. The van der Waals surface area contributed by atoms with Crippen molar-refractivity contribution < 1.29 is 0 Å². The second-order valence-electron chi connectivity index (χ2n) is 4.31. The zero-order valence-electron chi connectivity index (χ0n) is 9.68. The van der Waals surface area contributed by atoms with E-state index in [2.05, 4.69) is 21.9 Å². The topological polar surface area (TPSA) is 55.0 Å². The summed E-state index contributed by atoms with van der Waals surface area (Å²) in [6, 6.07) is 3.88. The van der Waals surface area contributed by atoms with Crippen LogP contribution in [0.4, 0.5) is 5.82 Å². The molecule has 0 unspecified atom stereocenters. The molecule has 1 aliphatic rings. The third-order valence-corrected chi connectivity index (χ3v) is 4.11. The van der Waals surface area contributed by atoms with Gasteiger partial charge in [0.25, 0.3) is 0 Å². The first-order valence-electron chi connectivity index (χ1n) is 5.62. The summed E-state index contributed by atoms with van der Waals surface area (Å²) in [5.74, 6) is 0.562. The molecule has 0 saturated heterocycles. The van der Waals surface area contributed by atoms with E-state index >= 15 is 0 Å². The lowest BCUT2D eigenvalue weighted by molar-refractivity contribution is 0.314. The maximum Gasteiger partial charge on any atom is 0.133 e. The van der Waals surface area contributed by atoms with E-state index in [1.54, 1.807) is 17.5 Å². The van der Waals surface area contributed by atoms with Crippen molar-refractivity contribution in [2.45, 2.75) is 13.0 Å². The number of anilines is 1. The van der Waals surface area contributed by atoms with Gasteiger partial charge >= 0.3 is 0 Å². The molecule has 2 aromatic heterocycles. The van der Waals surface area contributed by atoms with Gasteiger partial charge < -0.3 is 10.6 Å². The van der Waals surface area contributed by atoms with Crippen LogP contribution in [0, 0.1) is 0 Å². The second-order valence-corrected chi connectivity index (χ2v) is 5.40. The number of nitrogens with zero attached hydrogens (tertiary/aromatic N) is 3. The molecule has 88 valence electrons. The van der Waals surface area contributed by atoms with E-state index in [9.17, 15) is 0 Å². The summed E-state index contributed by atoms with van der Waals surface area (Å²) in [6.07, 6.45) is 2.74. The number of nitrogens with two attached hydrogens (primary N) is 1. The first-order chi connectivity index (χ1) is 8.24. The van der Waals surface area contributed by atoms with E-state index in [4.69, 9.17) is 5.73 Å². The van der Waals surface area contributed by atoms with Crippen LogP contribution in [0.15, 0.2) is 18.3 Å². The average molecular weight is 246 g/mol. The number of thiazole rings is 1. The van der Waals surface area contributed by atoms with Gasteiger partial charge in [-0.2, -0.15) is 0 Å². The molecule has 0 spiro atoms. The lowest BCUT2D eigenvalue weighted by Gasteiger charge is -2.20. The maximum atomic E-state index is 5.88. The highest BCUT2D eigenvalue weighted by molar-refractivity contribution is 7.15. The fraction of sp³-hybridized carbons (Fsp3) is 0.333. The van der Waals surface area contributed by atoms with Crippen LogP contribution in [0.2, 0.25) is 0 Å². The molecule has 0 saturated carbocycles. The molecule has 2 aromatic rings. The molecule has 0 bridgehead atoms. The highest BCUT2D eigenvalue weighted by Crippen LogP contribution is 2.33. The highest BCUT2D eigenvalue weighted by Gasteiger charge is 2.19. The molecule has 3 rings (SSSR count). The minimum Gasteiger partial charge on any atom is -0.383 e. The molecule has 0 aromatic carbocycles. The predicted octanol–water partition coefficient (Wildman–Crippen LogP) is 1.78. The van der Waals surface area contributed by atoms with E-state index in [1.165, 1.54) is 10.6 Å². The van der Waals surface area contributed by atoms with Gasteiger partial charge in [-0.15, -0.1) is 11.3 Å². The van der Waals surface area contributed by atoms with Gasteiger partial charge in [0.05, 0.1) is 11.3 Å². The fourth-order valence-electron chi connectivity index (χ4n) is 2.04. The molecule has 3 heterocycles. The summed E-state index contributed by atoms with van der Waals surface area (Å²) in [5, 5.41) is 0.996. The van der Waals surface area contributed by atoms with Crippen molar-refractivity contribution >= 4 is 17.2 Å². The van der Waals surface area contributed by atoms with Crippen LogP contribution in [-0.2, 0) is 13.0 Å². The molecule has 0 amide bonds. The number of hydrogen-bond acceptors (Lipinski definition) is 5. The van der Waals surface area contributed by atoms with Crippen LogP contribution < -0.4 is 5.73 Å². The Morgan fingerprint density at radius 1 is 1.47 bits per heavy atom. The van der Waals surface area contributed by atoms with E-state index in [0.29, 0.717) is 5.82 Å². The number of aromatic nitrogens is 2. The first kappa shape index (κ1) is 10.7. The Balaban J connectivity index is 2.03. The predicted molar refractivity (Wildman–Crippen MR) is 69.8 cm³/mol. The van der Waals surface area contributed by atoms with Gasteiger partial charge in [0.15, 0.2) is 0 Å². The lowest BCUT2D eigenvalue weighted by Crippen LogP contribution is -2.25. The van der Waals surface area contributed by atoms with E-state index in [0.717, 1.165) is 30.1 Å². The zero-order valence-corrected chi connectivity index (χ0v) is 10.5. The van der Waals surface area contributed by atoms with Crippen molar-refractivity contribution in [2.75, 3.05) is 19.3 Å². The normalized spacial score (nSPS) is 15.8. The molecule has 5 heteroatoms. The molecule has 0 radical (unpaired) electrons. The fourth-order valence-corrected chi connectivity index (χ4v) is 3.26. The van der Waals surface area contributed by atoms with Crippen LogP contribution in [0.1, 0.15) is 10.6 Å². The van der Waals surface area contributed by atoms with Gasteiger partial charge in [0.2, 0.25) is 0 Å². The minimum atomic E-state index is 0.562. The van der Waals surface area contributed by atoms with E-state index in [-0.39, 0.29) is 0 Å². The molecule has 17 heavy (non-hydrogen) atoms. The molecule has 0 fully saturated rings. The molecule has 4 nitrogen and oxygen atoms in total. The van der Waals surface area contributed by atoms with Crippen LogP contribution in [-0.4, -0.2) is 28.5 Å². The van der Waals surface area contributed by atoms with E-state index < -0.39 is 0 Å². The Kier molecular flexibility index (Phi) is 2.57. The Morgan fingerprint density at radius 3 is 3.18 bits per heavy atom. The largest absolute Gasteiger partial charge is 0.383 e. The molecule has 1 aliphatic heterocycles. The van der Waals surface area contributed by atoms with Gasteiger partial charge in [-0.25, -0.2) is 9.97 Å². The number of nitrogen functional groups attached to an aromatic ring is 1. The third-order valence-electron chi connectivity index (χ3n) is 2.99. The number of fused-ring (bicyclic) bond motifs is 1. The Bertz CT molecular complexity index is 549. The van der Waals surface area contributed by atoms with Crippen LogP contribution in [0.5, 0.6) is 0 Å². The number of likely N-dealkylation sites (N-methyl/N-ethyl adjacent to an activating group) is 1. The lowest BCUT2D eigenvalue weighted by atomic mass is 10.2. The zero-order chi connectivity index (χ0) is 11.8. The summed E-state index contributed by atoms with van der Waals surface area (Å²) < 4.78 is 0. The molecule has 0 atom stereocenters. The summed E-state index contributed by atoms with van der Waals surface area (Å²) in [7, 11) is 2.14. The van der Waals surface area contributed by atoms with Crippen LogP contribution in [0.3, 0.4) is 0 Å². The van der Waals surface area contributed by atoms with Gasteiger partial charge in [-0.1, -0.05) is 0 Å². The second kappa shape index (κ2) is 4.09. The van der Waals surface area contributed by atoms with E-state index in [1.807, 2.05) is 12.1 Å². The smallest absolute Gasteiger partial charge is 0.133 e. The van der Waals surface area contributed by atoms with Crippen molar-refractivity contribution in [3.05, 3.63) is 28.9 Å². The van der Waals surface area contributed by atoms with Crippen molar-refractivity contribution in [3.8, 4) is 10.6 Å². The average Bonchev–Trinajstić information content (AvgIpc) is 2.72. The standard InChI is InChI=1S/C12H14N4S/c1-16-6-4-9-10(7-16)17-12(15-9)8-3-2-5-14-11(8)13/h2-3,5H,4,6-7H2,1H3,(H2,13,14). The Hall–Kier alpha value is -1.46. The minimum absolute atomic E-state index is 0.562. The molecule has 2 N–H and O–H groups in total. The van der Waals surface area contributed by atoms with Crippen molar-refractivity contribution in [2.24, 2.45) is 0 Å². The van der Waals surface area contributed by atoms with Gasteiger partial charge in [-0.3, -0.25) is 0 Å². The quantitative estimate of drug-likeness (QED) is 0.833. The number of rotatable bonds is 1. The van der Waals surface area contributed by atoms with Gasteiger partial charge in [0.1, 0.15) is 10.8 Å². The van der Waals surface area contributed by atoms with Gasteiger partial charge in [0, 0.05) is 30.6 Å². The summed E-state index contributed by atoms with van der Waals surface area (Å²) in [5.41, 5.74) is 8.06. The number of hydrogen-bond donors (Lipinski definition) is 1. The monoisotopic (exact) mass is 246 g/mol. The van der Waals surface area contributed by atoms with Crippen molar-refractivity contribution in [1.82, 2.24) is 14.9 Å². The van der Waals surface area contributed by atoms with Crippen LogP contribution in [0.25, 0.3) is 10.6 Å². The third kappa shape index (κ3) is 1.92. The van der Waals surface area contributed by atoms with Gasteiger partial charge in [-0.05, 0) is 19.2 Å². The Morgan fingerprint density at radius 2 is 2.35 bits per heavy atom. The summed E-state index contributed by atoms with van der Waals surface area (Å²) in [6.45, 7) is 2.08. The van der Waals surface area contributed by atoms with Crippen molar-refractivity contribution in [1.29, 1.82) is 0 Å². The maximum absolute atomic E-state index is 5.88. The first-order valence-corrected chi connectivity index (χ1v) is 6.43.